The maximum absolute atomic E-state index is 6.54. The van der Waals surface area contributed by atoms with E-state index in [0.29, 0.717) is 24.1 Å². The molecule has 0 aliphatic carbocycles. The molecule has 2 N–H and O–H groups in total. The normalized spacial score (nSPS) is 11.0. The number of nitrogens with two attached hydrogens (primary N) is 1. The van der Waals surface area contributed by atoms with Gasteiger partial charge >= 0.3 is 0 Å². The lowest BCUT2D eigenvalue weighted by molar-refractivity contribution is 0.780. The summed E-state index contributed by atoms with van der Waals surface area (Å²) >= 11 is 6.54. The molecule has 0 aliphatic rings. The largest absolute Gasteiger partial charge is 0.368 e. The van der Waals surface area contributed by atoms with Gasteiger partial charge in [0.25, 0.3) is 0 Å². The van der Waals surface area contributed by atoms with Crippen molar-refractivity contribution in [2.75, 3.05) is 10.6 Å². The molecule has 0 saturated carbocycles. The fourth-order valence-corrected chi connectivity index (χ4v) is 3.62. The van der Waals surface area contributed by atoms with Gasteiger partial charge in [-0.2, -0.15) is 4.98 Å². The van der Waals surface area contributed by atoms with E-state index in [1.165, 1.54) is 11.1 Å². The highest BCUT2D eigenvalue weighted by molar-refractivity contribution is 6.31. The first-order chi connectivity index (χ1) is 15.2. The van der Waals surface area contributed by atoms with Crippen molar-refractivity contribution in [1.29, 1.82) is 0 Å². The number of nitrogens with zero attached hydrogens (tertiary/aromatic N) is 3. The molecule has 0 atom stereocenters. The van der Waals surface area contributed by atoms with Crippen LogP contribution in [0.15, 0.2) is 91.0 Å². The van der Waals surface area contributed by atoms with Gasteiger partial charge in [0, 0.05) is 13.1 Å². The molecule has 0 bridgehead atoms. The van der Waals surface area contributed by atoms with Crippen LogP contribution in [-0.2, 0) is 13.1 Å². The number of nitrogen functional groups attached to an aromatic ring is 1. The lowest BCUT2D eigenvalue weighted by Crippen LogP contribution is -2.25. The van der Waals surface area contributed by atoms with Crippen LogP contribution in [0.2, 0.25) is 5.15 Å². The molecular weight excluding hydrogens is 404 g/mol. The fourth-order valence-electron chi connectivity index (χ4n) is 3.39. The molecule has 5 heteroatoms. The van der Waals surface area contributed by atoms with E-state index < -0.39 is 0 Å². The second kappa shape index (κ2) is 9.92. The standard InChI is InChI=1S/C26H23ClN4/c27-24-23(17-16-20-10-4-1-5-11-20)25(30-26(28)29-24)31(18-21-12-6-2-7-13-21)19-22-14-8-3-9-15-22/h1-17H,18-19H2,(H2,28,29,30). The molecule has 4 nitrogen and oxygen atoms in total. The smallest absolute Gasteiger partial charge is 0.223 e. The molecule has 31 heavy (non-hydrogen) atoms. The minimum absolute atomic E-state index is 0.156. The summed E-state index contributed by atoms with van der Waals surface area (Å²) in [5.41, 5.74) is 10.2. The average molecular weight is 427 g/mol. The Labute approximate surface area is 187 Å². The Morgan fingerprint density at radius 1 is 0.710 bits per heavy atom. The SMILES string of the molecule is Nc1nc(Cl)c(C=Cc2ccccc2)c(N(Cc2ccccc2)Cc2ccccc2)n1. The van der Waals surface area contributed by atoms with Gasteiger partial charge in [0.2, 0.25) is 5.95 Å². The van der Waals surface area contributed by atoms with Gasteiger partial charge in [-0.05, 0) is 22.8 Å². The summed E-state index contributed by atoms with van der Waals surface area (Å²) in [7, 11) is 0. The summed E-state index contributed by atoms with van der Waals surface area (Å²) in [6.45, 7) is 1.32. The number of halogens is 1. The van der Waals surface area contributed by atoms with Crippen LogP contribution in [0.4, 0.5) is 11.8 Å². The Bertz CT molecular complexity index is 1100. The molecule has 1 aromatic heterocycles. The lowest BCUT2D eigenvalue weighted by atomic mass is 10.1. The van der Waals surface area contributed by atoms with E-state index in [4.69, 9.17) is 17.3 Å². The minimum atomic E-state index is 0.156. The van der Waals surface area contributed by atoms with Crippen LogP contribution in [0.3, 0.4) is 0 Å². The topological polar surface area (TPSA) is 55.0 Å². The molecule has 4 rings (SSSR count). The van der Waals surface area contributed by atoms with Crippen LogP contribution in [0, 0.1) is 0 Å². The Hall–Kier alpha value is -3.63. The zero-order valence-corrected chi connectivity index (χ0v) is 17.8. The van der Waals surface area contributed by atoms with E-state index in [1.807, 2.05) is 78.9 Å². The average Bonchev–Trinajstić information content (AvgIpc) is 2.80. The monoisotopic (exact) mass is 426 g/mol. The van der Waals surface area contributed by atoms with Crippen LogP contribution >= 0.6 is 11.6 Å². The van der Waals surface area contributed by atoms with Gasteiger partial charge in [0.15, 0.2) is 0 Å². The molecule has 0 unspecified atom stereocenters. The second-order valence-corrected chi connectivity index (χ2v) is 7.54. The van der Waals surface area contributed by atoms with Gasteiger partial charge in [-0.1, -0.05) is 109 Å². The van der Waals surface area contributed by atoms with Crippen LogP contribution in [-0.4, -0.2) is 9.97 Å². The zero-order valence-electron chi connectivity index (χ0n) is 17.0. The third-order valence-corrected chi connectivity index (χ3v) is 5.16. The van der Waals surface area contributed by atoms with Gasteiger partial charge in [0.1, 0.15) is 11.0 Å². The van der Waals surface area contributed by atoms with Crippen LogP contribution in [0.1, 0.15) is 22.3 Å². The zero-order chi connectivity index (χ0) is 21.5. The fraction of sp³-hybridized carbons (Fsp3) is 0.0769. The number of benzene rings is 3. The first-order valence-corrected chi connectivity index (χ1v) is 10.5. The van der Waals surface area contributed by atoms with Crippen LogP contribution in [0.5, 0.6) is 0 Å². The number of hydrogen-bond acceptors (Lipinski definition) is 4. The first-order valence-electron chi connectivity index (χ1n) is 10.1. The van der Waals surface area contributed by atoms with Crippen molar-refractivity contribution in [2.24, 2.45) is 0 Å². The number of hydrogen-bond donors (Lipinski definition) is 1. The molecule has 3 aromatic carbocycles. The molecule has 0 spiro atoms. The molecule has 4 aromatic rings. The highest BCUT2D eigenvalue weighted by Crippen LogP contribution is 2.30. The predicted molar refractivity (Wildman–Crippen MR) is 130 cm³/mol. The third-order valence-electron chi connectivity index (χ3n) is 4.87. The summed E-state index contributed by atoms with van der Waals surface area (Å²) in [5, 5.41) is 0.334. The van der Waals surface area contributed by atoms with E-state index in [0.717, 1.165) is 11.1 Å². The maximum Gasteiger partial charge on any atom is 0.223 e. The molecular formula is C26H23ClN4. The highest BCUT2D eigenvalue weighted by atomic mass is 35.5. The molecule has 154 valence electrons. The summed E-state index contributed by atoms with van der Waals surface area (Å²) in [6, 6.07) is 30.6. The quantitative estimate of drug-likeness (QED) is 0.363. The van der Waals surface area contributed by atoms with Crippen molar-refractivity contribution >= 4 is 35.5 Å². The molecule has 0 radical (unpaired) electrons. The van der Waals surface area contributed by atoms with Crippen LogP contribution < -0.4 is 10.6 Å². The van der Waals surface area contributed by atoms with E-state index in [9.17, 15) is 0 Å². The Morgan fingerprint density at radius 2 is 1.23 bits per heavy atom. The van der Waals surface area contributed by atoms with Gasteiger partial charge in [-0.25, -0.2) is 4.98 Å². The molecule has 1 heterocycles. The van der Waals surface area contributed by atoms with Gasteiger partial charge < -0.3 is 10.6 Å². The van der Waals surface area contributed by atoms with Gasteiger partial charge in [-0.3, -0.25) is 0 Å². The third kappa shape index (κ3) is 5.50. The number of anilines is 2. The van der Waals surface area contributed by atoms with Crippen LogP contribution in [0.25, 0.3) is 12.2 Å². The Balaban J connectivity index is 1.76. The Kier molecular flexibility index (Phi) is 6.60. The van der Waals surface area contributed by atoms with Gasteiger partial charge in [-0.15, -0.1) is 0 Å². The summed E-state index contributed by atoms with van der Waals surface area (Å²) in [5.74, 6) is 0.861. The predicted octanol–water partition coefficient (Wildman–Crippen LogP) is 6.09. The van der Waals surface area contributed by atoms with Gasteiger partial charge in [0.05, 0.1) is 5.56 Å². The minimum Gasteiger partial charge on any atom is -0.368 e. The molecule has 0 amide bonds. The highest BCUT2D eigenvalue weighted by Gasteiger charge is 2.18. The van der Waals surface area contributed by atoms with Crippen molar-refractivity contribution < 1.29 is 0 Å². The Morgan fingerprint density at radius 3 is 1.77 bits per heavy atom. The second-order valence-electron chi connectivity index (χ2n) is 7.18. The number of aromatic nitrogens is 2. The summed E-state index contributed by atoms with van der Waals surface area (Å²) < 4.78 is 0. The summed E-state index contributed by atoms with van der Waals surface area (Å²) in [6.07, 6.45) is 3.96. The van der Waals surface area contributed by atoms with E-state index in [-0.39, 0.29) is 5.95 Å². The number of rotatable bonds is 7. The van der Waals surface area contributed by atoms with E-state index in [2.05, 4.69) is 39.1 Å². The lowest BCUT2D eigenvalue weighted by Gasteiger charge is -2.26. The van der Waals surface area contributed by atoms with Crippen molar-refractivity contribution in [3.63, 3.8) is 0 Å². The van der Waals surface area contributed by atoms with Crippen molar-refractivity contribution in [3.8, 4) is 0 Å². The van der Waals surface area contributed by atoms with E-state index in [1.54, 1.807) is 0 Å². The molecule has 0 aliphatic heterocycles. The van der Waals surface area contributed by atoms with Crippen molar-refractivity contribution in [2.45, 2.75) is 13.1 Å². The van der Waals surface area contributed by atoms with E-state index >= 15 is 0 Å². The van der Waals surface area contributed by atoms with Crippen molar-refractivity contribution in [1.82, 2.24) is 9.97 Å². The molecule has 0 saturated heterocycles. The maximum atomic E-state index is 6.54. The van der Waals surface area contributed by atoms with Crippen molar-refractivity contribution in [3.05, 3.63) is 118 Å². The summed E-state index contributed by atoms with van der Waals surface area (Å²) in [4.78, 5) is 11.0. The molecule has 0 fully saturated rings. The first kappa shape index (κ1) is 20.6.